The smallest absolute Gasteiger partial charge is 0.243 e. The van der Waals surface area contributed by atoms with E-state index in [9.17, 15) is 13.5 Å². The first kappa shape index (κ1) is 24.3. The van der Waals surface area contributed by atoms with Gasteiger partial charge in [-0.05, 0) is 49.4 Å². The van der Waals surface area contributed by atoms with Gasteiger partial charge in [0.05, 0.1) is 25.4 Å². The third-order valence-electron chi connectivity index (χ3n) is 5.67. The molecule has 0 radical (unpaired) electrons. The minimum absolute atomic E-state index is 0.142. The second-order valence-corrected chi connectivity index (χ2v) is 9.89. The summed E-state index contributed by atoms with van der Waals surface area (Å²) in [5.41, 5.74) is 1.41. The van der Waals surface area contributed by atoms with Crippen molar-refractivity contribution in [3.05, 3.63) is 72.2 Å². The molecule has 37 heavy (non-hydrogen) atoms. The standard InChI is InChI=1S/C24H24N6O6S/c1-15-10-11-21(36-15)23-26-27-24(29(23)22-19(34-2)8-5-9-20(22)35-3)28-37(32,33)14-18(31)17-7-4-6-16-12-13-25-30(16)17/h4-13,18,31H,14H2,1-3H3,(H,27,28)/t18-/m0/s1. The van der Waals surface area contributed by atoms with Crippen molar-refractivity contribution in [2.24, 2.45) is 0 Å². The summed E-state index contributed by atoms with van der Waals surface area (Å²) in [7, 11) is -1.18. The van der Waals surface area contributed by atoms with Crippen molar-refractivity contribution in [1.82, 2.24) is 24.4 Å². The molecular formula is C24H24N6O6S. The van der Waals surface area contributed by atoms with Gasteiger partial charge >= 0.3 is 0 Å². The summed E-state index contributed by atoms with van der Waals surface area (Å²) in [4.78, 5) is 0. The van der Waals surface area contributed by atoms with Gasteiger partial charge in [-0.2, -0.15) is 5.10 Å². The first-order valence-electron chi connectivity index (χ1n) is 11.2. The van der Waals surface area contributed by atoms with E-state index in [1.54, 1.807) is 67.7 Å². The zero-order valence-electron chi connectivity index (χ0n) is 20.2. The first-order valence-corrected chi connectivity index (χ1v) is 12.8. The largest absolute Gasteiger partial charge is 0.494 e. The number of pyridine rings is 1. The van der Waals surface area contributed by atoms with E-state index in [4.69, 9.17) is 13.9 Å². The summed E-state index contributed by atoms with van der Waals surface area (Å²) in [6.45, 7) is 1.78. The van der Waals surface area contributed by atoms with Crippen molar-refractivity contribution in [2.75, 3.05) is 24.7 Å². The van der Waals surface area contributed by atoms with Gasteiger partial charge in [-0.1, -0.05) is 12.1 Å². The molecule has 0 amide bonds. The molecule has 0 aliphatic heterocycles. The molecule has 0 bridgehead atoms. The molecule has 0 spiro atoms. The Morgan fingerprint density at radius 2 is 1.76 bits per heavy atom. The zero-order valence-corrected chi connectivity index (χ0v) is 21.0. The van der Waals surface area contributed by atoms with E-state index in [-0.39, 0.29) is 11.8 Å². The lowest BCUT2D eigenvalue weighted by atomic mass is 10.2. The van der Waals surface area contributed by atoms with Crippen LogP contribution in [-0.2, 0) is 10.0 Å². The van der Waals surface area contributed by atoms with Crippen molar-refractivity contribution in [3.8, 4) is 28.8 Å². The van der Waals surface area contributed by atoms with Gasteiger partial charge in [0.2, 0.25) is 21.8 Å². The summed E-state index contributed by atoms with van der Waals surface area (Å²) in [5, 5.41) is 23.2. The van der Waals surface area contributed by atoms with Crippen LogP contribution in [0.15, 0.2) is 65.2 Å². The Kier molecular flexibility index (Phi) is 6.31. The minimum atomic E-state index is -4.14. The van der Waals surface area contributed by atoms with E-state index in [1.165, 1.54) is 23.3 Å². The number of benzene rings is 1. The SMILES string of the molecule is COc1cccc(OC)c1-n1c(NS(=O)(=O)C[C@H](O)c2cccc3ccnn23)nnc1-c1ccc(C)o1. The third-order valence-corrected chi connectivity index (χ3v) is 6.91. The Bertz CT molecular complexity index is 1650. The van der Waals surface area contributed by atoms with Gasteiger partial charge in [-0.25, -0.2) is 12.9 Å². The number of para-hydroxylation sites is 1. The number of aliphatic hydroxyl groups excluding tert-OH is 1. The minimum Gasteiger partial charge on any atom is -0.494 e. The molecular weight excluding hydrogens is 500 g/mol. The molecule has 5 rings (SSSR count). The molecule has 1 aromatic carbocycles. The summed E-state index contributed by atoms with van der Waals surface area (Å²) < 4.78 is 48.7. The average molecular weight is 525 g/mol. The van der Waals surface area contributed by atoms with Crippen LogP contribution in [0.5, 0.6) is 11.5 Å². The summed E-state index contributed by atoms with van der Waals surface area (Å²) in [5.74, 6) is 1.18. The van der Waals surface area contributed by atoms with Gasteiger partial charge in [0.1, 0.15) is 34.8 Å². The fourth-order valence-electron chi connectivity index (χ4n) is 4.03. The molecule has 5 aromatic rings. The summed E-state index contributed by atoms with van der Waals surface area (Å²) in [6, 6.07) is 15.5. The average Bonchev–Trinajstić information content (AvgIpc) is 3.62. The summed E-state index contributed by atoms with van der Waals surface area (Å²) >= 11 is 0. The molecule has 1 atom stereocenters. The predicted octanol–water partition coefficient (Wildman–Crippen LogP) is 2.98. The molecule has 192 valence electrons. The number of aromatic nitrogens is 5. The molecule has 0 unspecified atom stereocenters. The number of nitrogens with one attached hydrogen (secondary N) is 1. The van der Waals surface area contributed by atoms with E-state index in [0.717, 1.165) is 5.52 Å². The lowest BCUT2D eigenvalue weighted by Gasteiger charge is -2.18. The Labute approximate surface area is 212 Å². The van der Waals surface area contributed by atoms with E-state index < -0.39 is 21.9 Å². The van der Waals surface area contributed by atoms with Crippen LogP contribution in [0.2, 0.25) is 0 Å². The first-order chi connectivity index (χ1) is 17.8. The number of hydrogen-bond donors (Lipinski definition) is 2. The fourth-order valence-corrected chi connectivity index (χ4v) is 5.11. The highest BCUT2D eigenvalue weighted by atomic mass is 32.2. The fraction of sp³-hybridized carbons (Fsp3) is 0.208. The van der Waals surface area contributed by atoms with Crippen LogP contribution in [0.3, 0.4) is 0 Å². The number of rotatable bonds is 9. The molecule has 0 saturated carbocycles. The lowest BCUT2D eigenvalue weighted by Crippen LogP contribution is -2.24. The van der Waals surface area contributed by atoms with Gasteiger partial charge < -0.3 is 19.0 Å². The van der Waals surface area contributed by atoms with E-state index in [2.05, 4.69) is 20.0 Å². The Balaban J connectivity index is 1.56. The quantitative estimate of drug-likeness (QED) is 0.297. The maximum Gasteiger partial charge on any atom is 0.243 e. The molecule has 13 heteroatoms. The number of ether oxygens (including phenoxy) is 2. The number of methoxy groups -OCH3 is 2. The number of aryl methyl sites for hydroxylation is 1. The van der Waals surface area contributed by atoms with Crippen LogP contribution in [0.25, 0.3) is 22.8 Å². The molecule has 12 nitrogen and oxygen atoms in total. The second-order valence-electron chi connectivity index (χ2n) is 8.12. The molecule has 4 heterocycles. The van der Waals surface area contributed by atoms with Gasteiger partial charge in [0.25, 0.3) is 0 Å². The topological polar surface area (TPSA) is 146 Å². The number of anilines is 1. The van der Waals surface area contributed by atoms with Gasteiger partial charge in [0.15, 0.2) is 5.76 Å². The molecule has 0 aliphatic carbocycles. The van der Waals surface area contributed by atoms with Crippen LogP contribution >= 0.6 is 0 Å². The van der Waals surface area contributed by atoms with Gasteiger partial charge in [-0.3, -0.25) is 9.29 Å². The summed E-state index contributed by atoms with van der Waals surface area (Å²) in [6.07, 6.45) is 0.199. The molecule has 0 fully saturated rings. The Morgan fingerprint density at radius 1 is 1.03 bits per heavy atom. The highest BCUT2D eigenvalue weighted by Crippen LogP contribution is 2.38. The zero-order chi connectivity index (χ0) is 26.2. The Hall–Kier alpha value is -4.36. The number of fused-ring (bicyclic) bond motifs is 1. The van der Waals surface area contributed by atoms with Crippen LogP contribution in [0, 0.1) is 6.92 Å². The van der Waals surface area contributed by atoms with Crippen LogP contribution in [0.1, 0.15) is 17.6 Å². The van der Waals surface area contributed by atoms with Crippen LogP contribution < -0.4 is 14.2 Å². The Morgan fingerprint density at radius 3 is 2.43 bits per heavy atom. The maximum atomic E-state index is 13.2. The number of nitrogens with zero attached hydrogens (tertiary/aromatic N) is 5. The maximum absolute atomic E-state index is 13.2. The highest BCUT2D eigenvalue weighted by molar-refractivity contribution is 7.92. The van der Waals surface area contributed by atoms with E-state index in [1.807, 2.05) is 0 Å². The van der Waals surface area contributed by atoms with Crippen molar-refractivity contribution < 1.29 is 27.4 Å². The van der Waals surface area contributed by atoms with Crippen molar-refractivity contribution in [2.45, 2.75) is 13.0 Å². The van der Waals surface area contributed by atoms with Crippen molar-refractivity contribution in [3.63, 3.8) is 0 Å². The second kappa shape index (κ2) is 9.59. The number of sulfonamides is 1. The van der Waals surface area contributed by atoms with Gasteiger partial charge in [0, 0.05) is 6.20 Å². The number of furan rings is 1. The van der Waals surface area contributed by atoms with Gasteiger partial charge in [-0.15, -0.1) is 10.2 Å². The van der Waals surface area contributed by atoms with E-state index >= 15 is 0 Å². The monoisotopic (exact) mass is 524 g/mol. The molecule has 2 N–H and O–H groups in total. The lowest BCUT2D eigenvalue weighted by molar-refractivity contribution is 0.194. The number of hydrogen-bond acceptors (Lipinski definition) is 9. The molecule has 0 saturated heterocycles. The van der Waals surface area contributed by atoms with E-state index in [0.29, 0.717) is 34.4 Å². The van der Waals surface area contributed by atoms with Crippen molar-refractivity contribution >= 4 is 21.5 Å². The van der Waals surface area contributed by atoms with Crippen LogP contribution in [-0.4, -0.2) is 57.9 Å². The van der Waals surface area contributed by atoms with Crippen molar-refractivity contribution in [1.29, 1.82) is 0 Å². The molecule has 0 aliphatic rings. The van der Waals surface area contributed by atoms with Crippen LogP contribution in [0.4, 0.5) is 5.95 Å². The number of aliphatic hydroxyl groups is 1. The molecule has 4 aromatic heterocycles. The predicted molar refractivity (Wildman–Crippen MR) is 134 cm³/mol. The highest BCUT2D eigenvalue weighted by Gasteiger charge is 2.28. The third kappa shape index (κ3) is 4.61. The normalized spacial score (nSPS) is 12.5.